The first kappa shape index (κ1) is 12.8. The van der Waals surface area contributed by atoms with Crippen molar-refractivity contribution in [3.05, 3.63) is 29.8 Å². The van der Waals surface area contributed by atoms with Crippen molar-refractivity contribution in [1.82, 2.24) is 4.90 Å². The van der Waals surface area contributed by atoms with E-state index >= 15 is 0 Å². The molecule has 6 heteroatoms. The largest absolute Gasteiger partial charge is 0.508 e. The fourth-order valence-corrected chi connectivity index (χ4v) is 2.89. The van der Waals surface area contributed by atoms with Gasteiger partial charge in [0.05, 0.1) is 0 Å². The number of hydrogen-bond donors (Lipinski definition) is 2. The molecule has 1 aliphatic heterocycles. The topological polar surface area (TPSA) is 77.8 Å². The number of rotatable bonds is 2. The lowest BCUT2D eigenvalue weighted by Crippen LogP contribution is -2.50. The van der Waals surface area contributed by atoms with E-state index in [0.29, 0.717) is 17.9 Å². The number of carbonyl (C=O) groups is 2. The second-order valence-corrected chi connectivity index (χ2v) is 5.13. The Bertz CT molecular complexity index is 477. The summed E-state index contributed by atoms with van der Waals surface area (Å²) in [7, 11) is 0. The van der Waals surface area contributed by atoms with Gasteiger partial charge in [0.25, 0.3) is 5.91 Å². The molecule has 18 heavy (non-hydrogen) atoms. The number of carboxylic acids is 1. The standard InChI is InChI=1S/C12H13NO4S/c14-9-3-1-2-8(6-9)11(15)13-4-5-18-7-10(13)12(16)17/h1-3,6,10,14H,4-5,7H2,(H,16,17). The van der Waals surface area contributed by atoms with Crippen molar-refractivity contribution in [1.29, 1.82) is 0 Å². The van der Waals surface area contributed by atoms with E-state index in [4.69, 9.17) is 5.11 Å². The maximum absolute atomic E-state index is 12.2. The number of phenols is 1. The lowest BCUT2D eigenvalue weighted by molar-refractivity contribution is -0.141. The van der Waals surface area contributed by atoms with Crippen LogP contribution >= 0.6 is 11.8 Å². The predicted molar refractivity (Wildman–Crippen MR) is 67.9 cm³/mol. The van der Waals surface area contributed by atoms with Crippen molar-refractivity contribution in [3.8, 4) is 5.75 Å². The van der Waals surface area contributed by atoms with E-state index in [1.165, 1.54) is 28.8 Å². The van der Waals surface area contributed by atoms with Gasteiger partial charge in [-0.15, -0.1) is 0 Å². The molecule has 0 radical (unpaired) electrons. The van der Waals surface area contributed by atoms with Crippen LogP contribution in [0, 0.1) is 0 Å². The van der Waals surface area contributed by atoms with E-state index in [1.54, 1.807) is 12.1 Å². The lowest BCUT2D eigenvalue weighted by Gasteiger charge is -2.32. The molecule has 1 aliphatic rings. The van der Waals surface area contributed by atoms with Crippen LogP contribution in [0.15, 0.2) is 24.3 Å². The van der Waals surface area contributed by atoms with Crippen molar-refractivity contribution in [2.24, 2.45) is 0 Å². The summed E-state index contributed by atoms with van der Waals surface area (Å²) >= 11 is 1.53. The summed E-state index contributed by atoms with van der Waals surface area (Å²) in [5.41, 5.74) is 0.313. The molecule has 0 spiro atoms. The molecule has 0 aliphatic carbocycles. The Hall–Kier alpha value is -1.69. The molecule has 2 N–H and O–H groups in total. The summed E-state index contributed by atoms with van der Waals surface area (Å²) in [6.45, 7) is 0.413. The number of thioether (sulfide) groups is 1. The van der Waals surface area contributed by atoms with E-state index in [0.717, 1.165) is 5.75 Å². The maximum Gasteiger partial charge on any atom is 0.327 e. The fraction of sp³-hybridized carbons (Fsp3) is 0.333. The van der Waals surface area contributed by atoms with E-state index in [2.05, 4.69) is 0 Å². The van der Waals surface area contributed by atoms with Crippen molar-refractivity contribution in [2.75, 3.05) is 18.1 Å². The zero-order valence-corrected chi connectivity index (χ0v) is 10.4. The van der Waals surface area contributed by atoms with Gasteiger partial charge in [-0.05, 0) is 18.2 Å². The quantitative estimate of drug-likeness (QED) is 0.837. The van der Waals surface area contributed by atoms with Crippen molar-refractivity contribution in [3.63, 3.8) is 0 Å². The molecule has 1 aromatic rings. The number of nitrogens with zero attached hydrogens (tertiary/aromatic N) is 1. The Balaban J connectivity index is 2.23. The van der Waals surface area contributed by atoms with Gasteiger partial charge in [-0.2, -0.15) is 11.8 Å². The molecule has 0 saturated carbocycles. The summed E-state index contributed by atoms with van der Waals surface area (Å²) in [4.78, 5) is 24.7. The molecular weight excluding hydrogens is 254 g/mol. The number of amides is 1. The summed E-state index contributed by atoms with van der Waals surface area (Å²) in [6, 6.07) is 5.17. The van der Waals surface area contributed by atoms with Crippen LogP contribution in [0.3, 0.4) is 0 Å². The average molecular weight is 267 g/mol. The predicted octanol–water partition coefficient (Wildman–Crippen LogP) is 1.03. The minimum Gasteiger partial charge on any atom is -0.508 e. The molecule has 96 valence electrons. The molecule has 2 rings (SSSR count). The van der Waals surface area contributed by atoms with Crippen molar-refractivity contribution < 1.29 is 19.8 Å². The average Bonchev–Trinajstić information content (AvgIpc) is 2.38. The first-order chi connectivity index (χ1) is 8.59. The Morgan fingerprint density at radius 2 is 2.17 bits per heavy atom. The maximum atomic E-state index is 12.2. The van der Waals surface area contributed by atoms with Gasteiger partial charge in [0, 0.05) is 23.6 Å². The minimum absolute atomic E-state index is 0.000825. The highest BCUT2D eigenvalue weighted by molar-refractivity contribution is 7.99. The summed E-state index contributed by atoms with van der Waals surface area (Å²) in [5.74, 6) is -0.206. The van der Waals surface area contributed by atoms with Gasteiger partial charge in [-0.3, -0.25) is 4.79 Å². The molecule has 1 saturated heterocycles. The van der Waals surface area contributed by atoms with Gasteiger partial charge >= 0.3 is 5.97 Å². The van der Waals surface area contributed by atoms with Gasteiger partial charge in [-0.25, -0.2) is 4.79 Å². The zero-order valence-electron chi connectivity index (χ0n) is 9.57. The smallest absolute Gasteiger partial charge is 0.327 e. The fourth-order valence-electron chi connectivity index (χ4n) is 1.86. The lowest BCUT2D eigenvalue weighted by atomic mass is 10.1. The number of carboxylic acid groups (broad SMARTS) is 1. The normalized spacial score (nSPS) is 19.6. The molecular formula is C12H13NO4S. The molecule has 0 bridgehead atoms. The minimum atomic E-state index is -0.990. The third-order valence-electron chi connectivity index (χ3n) is 2.77. The Morgan fingerprint density at radius 1 is 1.39 bits per heavy atom. The molecule has 0 aromatic heterocycles. The van der Waals surface area contributed by atoms with Gasteiger partial charge in [-0.1, -0.05) is 6.07 Å². The zero-order chi connectivity index (χ0) is 13.1. The van der Waals surface area contributed by atoms with Crippen LogP contribution in [-0.4, -0.2) is 51.1 Å². The van der Waals surface area contributed by atoms with Gasteiger partial charge in [0.15, 0.2) is 0 Å². The first-order valence-electron chi connectivity index (χ1n) is 5.50. The van der Waals surface area contributed by atoms with Gasteiger partial charge < -0.3 is 15.1 Å². The summed E-state index contributed by atoms with van der Waals surface area (Å²) < 4.78 is 0. The van der Waals surface area contributed by atoms with Gasteiger partial charge in [0.2, 0.25) is 0 Å². The molecule has 1 atom stereocenters. The second-order valence-electron chi connectivity index (χ2n) is 3.98. The molecule has 1 unspecified atom stereocenters. The first-order valence-corrected chi connectivity index (χ1v) is 6.65. The highest BCUT2D eigenvalue weighted by Gasteiger charge is 2.32. The number of aliphatic carboxylic acids is 1. The van der Waals surface area contributed by atoms with E-state index in [-0.39, 0.29) is 11.7 Å². The van der Waals surface area contributed by atoms with Crippen LogP contribution in [0.5, 0.6) is 5.75 Å². The SMILES string of the molecule is O=C(O)C1CSCCN1C(=O)c1cccc(O)c1. The highest BCUT2D eigenvalue weighted by atomic mass is 32.2. The third kappa shape index (κ3) is 2.59. The Morgan fingerprint density at radius 3 is 2.83 bits per heavy atom. The number of phenolic OH excluding ortho intramolecular Hbond substituents is 1. The molecule has 1 fully saturated rings. The van der Waals surface area contributed by atoms with Crippen LogP contribution < -0.4 is 0 Å². The molecule has 5 nitrogen and oxygen atoms in total. The van der Waals surface area contributed by atoms with Crippen LogP contribution in [0.1, 0.15) is 10.4 Å². The highest BCUT2D eigenvalue weighted by Crippen LogP contribution is 2.20. The van der Waals surface area contributed by atoms with E-state index < -0.39 is 12.0 Å². The molecule has 1 aromatic carbocycles. The van der Waals surface area contributed by atoms with E-state index in [1.807, 2.05) is 0 Å². The number of carbonyl (C=O) groups excluding carboxylic acids is 1. The second kappa shape index (κ2) is 5.30. The number of benzene rings is 1. The Kier molecular flexibility index (Phi) is 3.76. The number of aromatic hydroxyl groups is 1. The third-order valence-corrected chi connectivity index (χ3v) is 3.79. The Labute approximate surface area is 108 Å². The molecule has 1 heterocycles. The van der Waals surface area contributed by atoms with Crippen molar-refractivity contribution >= 4 is 23.6 Å². The van der Waals surface area contributed by atoms with Crippen molar-refractivity contribution in [2.45, 2.75) is 6.04 Å². The van der Waals surface area contributed by atoms with E-state index in [9.17, 15) is 14.7 Å². The van der Waals surface area contributed by atoms with Crippen LogP contribution in [0.4, 0.5) is 0 Å². The van der Waals surface area contributed by atoms with Crippen LogP contribution in [0.25, 0.3) is 0 Å². The summed E-state index contributed by atoms with van der Waals surface area (Å²) in [5, 5.41) is 18.4. The monoisotopic (exact) mass is 267 g/mol. The van der Waals surface area contributed by atoms with Crippen LogP contribution in [-0.2, 0) is 4.79 Å². The molecule has 1 amide bonds. The van der Waals surface area contributed by atoms with Crippen LogP contribution in [0.2, 0.25) is 0 Å². The number of hydrogen-bond acceptors (Lipinski definition) is 4. The van der Waals surface area contributed by atoms with Gasteiger partial charge in [0.1, 0.15) is 11.8 Å². The summed E-state index contributed by atoms with van der Waals surface area (Å²) in [6.07, 6.45) is 0.